The summed E-state index contributed by atoms with van der Waals surface area (Å²) in [6.07, 6.45) is 5.51. The highest BCUT2D eigenvalue weighted by molar-refractivity contribution is 7.11. The Hall–Kier alpha value is -2.39. The van der Waals surface area contributed by atoms with Gasteiger partial charge in [0.05, 0.1) is 22.3 Å². The lowest BCUT2D eigenvalue weighted by Crippen LogP contribution is -2.30. The molecule has 1 aromatic carbocycles. The third-order valence-electron chi connectivity index (χ3n) is 3.90. The van der Waals surface area contributed by atoms with Gasteiger partial charge in [-0.05, 0) is 49.9 Å². The summed E-state index contributed by atoms with van der Waals surface area (Å²) in [6.45, 7) is 0.544. The number of ether oxygens (including phenoxy) is 1. The number of nitriles is 1. The quantitative estimate of drug-likeness (QED) is 0.876. The van der Waals surface area contributed by atoms with Crippen LogP contribution in [-0.2, 0) is 24.1 Å². The number of rotatable bonds is 6. The smallest absolute Gasteiger partial charge is 0.257 e. The van der Waals surface area contributed by atoms with Crippen molar-refractivity contribution in [2.45, 2.75) is 32.1 Å². The Kier molecular flexibility index (Phi) is 5.44. The Morgan fingerprint density at radius 3 is 2.83 bits per heavy atom. The van der Waals surface area contributed by atoms with Crippen molar-refractivity contribution >= 4 is 17.2 Å². The summed E-state index contributed by atoms with van der Waals surface area (Å²) in [5.74, 6) is 0.428. The second-order valence-corrected chi connectivity index (χ2v) is 6.88. The monoisotopic (exact) mass is 341 g/mol. The van der Waals surface area contributed by atoms with Crippen molar-refractivity contribution in [2.24, 2.45) is 0 Å². The number of aromatic nitrogens is 1. The van der Waals surface area contributed by atoms with Gasteiger partial charge in [-0.3, -0.25) is 4.79 Å². The van der Waals surface area contributed by atoms with Gasteiger partial charge in [0.15, 0.2) is 6.61 Å². The zero-order chi connectivity index (χ0) is 16.8. The molecule has 0 saturated carbocycles. The number of aryl methyl sites for hydroxylation is 2. The molecule has 1 aliphatic carbocycles. The van der Waals surface area contributed by atoms with Crippen molar-refractivity contribution in [1.29, 1.82) is 5.26 Å². The highest BCUT2D eigenvalue weighted by atomic mass is 32.1. The summed E-state index contributed by atoms with van der Waals surface area (Å²) in [5, 5.41) is 12.7. The van der Waals surface area contributed by atoms with Crippen LogP contribution in [0.5, 0.6) is 5.75 Å². The van der Waals surface area contributed by atoms with E-state index in [1.807, 2.05) is 6.07 Å². The van der Waals surface area contributed by atoms with E-state index in [0.717, 1.165) is 24.3 Å². The van der Waals surface area contributed by atoms with Gasteiger partial charge in [0.25, 0.3) is 5.91 Å². The zero-order valence-corrected chi connectivity index (χ0v) is 14.2. The summed E-state index contributed by atoms with van der Waals surface area (Å²) < 4.78 is 5.40. The maximum absolute atomic E-state index is 11.8. The van der Waals surface area contributed by atoms with Gasteiger partial charge < -0.3 is 10.1 Å². The molecular weight excluding hydrogens is 322 g/mol. The molecule has 0 atom stereocenters. The molecule has 0 aliphatic heterocycles. The number of amides is 1. The Labute approximate surface area is 145 Å². The molecule has 0 radical (unpaired) electrons. The first-order valence-corrected chi connectivity index (χ1v) is 8.93. The van der Waals surface area contributed by atoms with Crippen LogP contribution < -0.4 is 10.1 Å². The van der Waals surface area contributed by atoms with Gasteiger partial charge >= 0.3 is 0 Å². The maximum Gasteiger partial charge on any atom is 0.257 e. The zero-order valence-electron chi connectivity index (χ0n) is 13.4. The van der Waals surface area contributed by atoms with Crippen molar-refractivity contribution in [3.8, 4) is 11.8 Å². The topological polar surface area (TPSA) is 75.0 Å². The number of carbonyl (C=O) groups excluding carboxylic acids is 1. The molecule has 24 heavy (non-hydrogen) atoms. The first kappa shape index (κ1) is 16.5. The van der Waals surface area contributed by atoms with Crippen molar-refractivity contribution < 1.29 is 9.53 Å². The fourth-order valence-corrected chi connectivity index (χ4v) is 3.80. The average molecular weight is 341 g/mol. The molecule has 0 fully saturated rings. The molecule has 1 aromatic heterocycles. The predicted octanol–water partition coefficient (Wildman–Crippen LogP) is 2.63. The van der Waals surface area contributed by atoms with Crippen LogP contribution in [0.3, 0.4) is 0 Å². The van der Waals surface area contributed by atoms with Crippen LogP contribution in [0.25, 0.3) is 0 Å². The van der Waals surface area contributed by atoms with Crippen LogP contribution >= 0.6 is 11.3 Å². The van der Waals surface area contributed by atoms with Gasteiger partial charge in [-0.1, -0.05) is 0 Å². The number of thiazole rings is 1. The number of carbonyl (C=O) groups is 1. The van der Waals surface area contributed by atoms with Crippen molar-refractivity contribution in [3.05, 3.63) is 45.4 Å². The van der Waals surface area contributed by atoms with Gasteiger partial charge in [0, 0.05) is 17.8 Å². The maximum atomic E-state index is 11.8. The van der Waals surface area contributed by atoms with E-state index in [-0.39, 0.29) is 12.5 Å². The molecule has 3 rings (SSSR count). The van der Waals surface area contributed by atoms with Gasteiger partial charge in [0.1, 0.15) is 5.75 Å². The molecule has 0 spiro atoms. The second kappa shape index (κ2) is 7.93. The second-order valence-electron chi connectivity index (χ2n) is 5.71. The molecule has 0 bridgehead atoms. The number of hydrogen-bond acceptors (Lipinski definition) is 5. The molecule has 0 unspecified atom stereocenters. The Morgan fingerprint density at radius 1 is 1.29 bits per heavy atom. The normalized spacial score (nSPS) is 13.0. The van der Waals surface area contributed by atoms with Crippen molar-refractivity contribution in [3.63, 3.8) is 0 Å². The minimum absolute atomic E-state index is 0.0275. The first-order valence-electron chi connectivity index (χ1n) is 8.12. The molecule has 1 amide bonds. The Morgan fingerprint density at radius 2 is 2.08 bits per heavy atom. The molecule has 5 nitrogen and oxygen atoms in total. The van der Waals surface area contributed by atoms with Crippen LogP contribution in [0.1, 0.15) is 34.0 Å². The molecule has 6 heteroatoms. The minimum Gasteiger partial charge on any atom is -0.484 e. The van der Waals surface area contributed by atoms with Crippen LogP contribution in [0, 0.1) is 11.3 Å². The van der Waals surface area contributed by atoms with E-state index in [1.165, 1.54) is 23.4 Å². The molecule has 2 aromatic rings. The van der Waals surface area contributed by atoms with Crippen molar-refractivity contribution in [2.75, 3.05) is 13.2 Å². The molecule has 0 saturated heterocycles. The van der Waals surface area contributed by atoms with Crippen LogP contribution in [0.15, 0.2) is 24.3 Å². The summed E-state index contributed by atoms with van der Waals surface area (Å²) in [4.78, 5) is 17.9. The number of nitrogens with zero attached hydrogens (tertiary/aromatic N) is 2. The number of benzene rings is 1. The minimum atomic E-state index is -0.152. The van der Waals surface area contributed by atoms with Gasteiger partial charge in [-0.25, -0.2) is 4.98 Å². The lowest BCUT2D eigenvalue weighted by atomic mass is 10.0. The van der Waals surface area contributed by atoms with Gasteiger partial charge in [0.2, 0.25) is 0 Å². The van der Waals surface area contributed by atoms with E-state index < -0.39 is 0 Å². The predicted molar refractivity (Wildman–Crippen MR) is 92.1 cm³/mol. The third kappa shape index (κ3) is 4.33. The van der Waals surface area contributed by atoms with E-state index in [1.54, 1.807) is 35.6 Å². The molecule has 1 heterocycles. The Balaban J connectivity index is 1.39. The standard InChI is InChI=1S/C18H19N3O2S/c19-11-13-5-7-14(8-6-13)23-12-17(22)20-10-9-18-21-15-3-1-2-4-16(15)24-18/h5-8H,1-4,9-10,12H2,(H,20,22). The molecule has 1 aliphatic rings. The third-order valence-corrected chi connectivity index (χ3v) is 5.12. The van der Waals surface area contributed by atoms with E-state index in [9.17, 15) is 4.79 Å². The summed E-state index contributed by atoms with van der Waals surface area (Å²) >= 11 is 1.78. The largest absolute Gasteiger partial charge is 0.484 e. The highest BCUT2D eigenvalue weighted by Gasteiger charge is 2.14. The highest BCUT2D eigenvalue weighted by Crippen LogP contribution is 2.26. The Bertz CT molecular complexity index is 723. The number of nitrogens with one attached hydrogen (secondary N) is 1. The lowest BCUT2D eigenvalue weighted by Gasteiger charge is -2.07. The van der Waals surface area contributed by atoms with Crippen LogP contribution in [0.2, 0.25) is 0 Å². The summed E-state index contributed by atoms with van der Waals surface area (Å²) in [7, 11) is 0. The fraction of sp³-hybridized carbons (Fsp3) is 0.389. The fourth-order valence-electron chi connectivity index (χ4n) is 2.65. The van der Waals surface area contributed by atoms with E-state index in [0.29, 0.717) is 17.9 Å². The van der Waals surface area contributed by atoms with Crippen LogP contribution in [-0.4, -0.2) is 24.0 Å². The van der Waals surface area contributed by atoms with E-state index in [2.05, 4.69) is 10.3 Å². The average Bonchev–Trinajstić information content (AvgIpc) is 3.03. The molecule has 124 valence electrons. The molecule has 1 N–H and O–H groups in total. The van der Waals surface area contributed by atoms with E-state index >= 15 is 0 Å². The summed E-state index contributed by atoms with van der Waals surface area (Å²) in [5.41, 5.74) is 1.83. The number of hydrogen-bond donors (Lipinski definition) is 1. The van der Waals surface area contributed by atoms with Gasteiger partial charge in [-0.2, -0.15) is 5.26 Å². The van der Waals surface area contributed by atoms with Crippen LogP contribution in [0.4, 0.5) is 0 Å². The lowest BCUT2D eigenvalue weighted by molar-refractivity contribution is -0.123. The van der Waals surface area contributed by atoms with Crippen molar-refractivity contribution in [1.82, 2.24) is 10.3 Å². The van der Waals surface area contributed by atoms with E-state index in [4.69, 9.17) is 10.00 Å². The molecular formula is C18H19N3O2S. The number of fused-ring (bicyclic) bond motifs is 1. The summed E-state index contributed by atoms with van der Waals surface area (Å²) in [6, 6.07) is 8.74. The SMILES string of the molecule is N#Cc1ccc(OCC(=O)NCCc2nc3c(s2)CCCC3)cc1. The van der Waals surface area contributed by atoms with Gasteiger partial charge in [-0.15, -0.1) is 11.3 Å². The first-order chi connectivity index (χ1) is 11.7.